The van der Waals surface area contributed by atoms with Gasteiger partial charge in [0.25, 0.3) is 0 Å². The fourth-order valence-electron chi connectivity index (χ4n) is 1.68. The van der Waals surface area contributed by atoms with Crippen molar-refractivity contribution < 1.29 is 14.3 Å². The number of nitrogens with one attached hydrogen (secondary N) is 1. The Hall–Kier alpha value is -2.18. The number of amides is 1. The van der Waals surface area contributed by atoms with Gasteiger partial charge in [-0.1, -0.05) is 24.8 Å². The smallest absolute Gasteiger partial charge is 0.361 e. The van der Waals surface area contributed by atoms with E-state index in [1.54, 1.807) is 13.8 Å². The predicted molar refractivity (Wildman–Crippen MR) is 77.8 cm³/mol. The molecule has 116 valence electrons. The third-order valence-corrected chi connectivity index (χ3v) is 3.20. The minimum Gasteiger partial charge on any atom is -0.457 e. The number of rotatable bonds is 7. The zero-order valence-electron chi connectivity index (χ0n) is 12.9. The number of ether oxygens (including phenoxy) is 1. The molecule has 0 aliphatic heterocycles. The van der Waals surface area contributed by atoms with Crippen LogP contribution in [0.5, 0.6) is 0 Å². The molecule has 0 aliphatic rings. The molecule has 1 aromatic heterocycles. The van der Waals surface area contributed by atoms with E-state index in [-0.39, 0.29) is 24.2 Å². The van der Waals surface area contributed by atoms with Crippen LogP contribution >= 0.6 is 0 Å². The largest absolute Gasteiger partial charge is 0.457 e. The van der Waals surface area contributed by atoms with Crippen LogP contribution in [0.25, 0.3) is 0 Å². The lowest BCUT2D eigenvalue weighted by atomic mass is 10.2. The van der Waals surface area contributed by atoms with Crippen LogP contribution in [0.15, 0.2) is 12.7 Å². The molecule has 0 aliphatic carbocycles. The highest BCUT2D eigenvalue weighted by atomic mass is 16.5. The Balaban J connectivity index is 2.85. The van der Waals surface area contributed by atoms with Gasteiger partial charge in [-0.25, -0.2) is 9.48 Å². The number of hydrogen-bond acceptors (Lipinski definition) is 5. The van der Waals surface area contributed by atoms with Crippen LogP contribution in [0.2, 0.25) is 0 Å². The Morgan fingerprint density at radius 3 is 2.71 bits per heavy atom. The molecule has 0 saturated heterocycles. The van der Waals surface area contributed by atoms with Gasteiger partial charge in [-0.05, 0) is 27.2 Å². The average molecular weight is 294 g/mol. The third-order valence-electron chi connectivity index (χ3n) is 3.20. The molecule has 1 N–H and O–H groups in total. The van der Waals surface area contributed by atoms with Crippen molar-refractivity contribution in [3.05, 3.63) is 24.0 Å². The van der Waals surface area contributed by atoms with E-state index < -0.39 is 12.0 Å². The summed E-state index contributed by atoms with van der Waals surface area (Å²) in [5.74, 6) is -0.739. The lowest BCUT2D eigenvalue weighted by Crippen LogP contribution is -2.37. The zero-order valence-corrected chi connectivity index (χ0v) is 12.9. The molecule has 1 rings (SSSR count). The molecule has 1 amide bonds. The highest BCUT2D eigenvalue weighted by Gasteiger charge is 2.24. The summed E-state index contributed by atoms with van der Waals surface area (Å²) >= 11 is 0. The quantitative estimate of drug-likeness (QED) is 0.607. The summed E-state index contributed by atoms with van der Waals surface area (Å²) < 4.78 is 6.34. The lowest BCUT2D eigenvalue weighted by molar-refractivity contribution is -0.124. The first kappa shape index (κ1) is 16.9. The van der Waals surface area contributed by atoms with Crippen molar-refractivity contribution in [2.24, 2.45) is 0 Å². The first-order valence-electron chi connectivity index (χ1n) is 6.92. The van der Waals surface area contributed by atoms with Gasteiger partial charge in [0.2, 0.25) is 5.91 Å². The van der Waals surface area contributed by atoms with Gasteiger partial charge >= 0.3 is 5.97 Å². The van der Waals surface area contributed by atoms with Gasteiger partial charge in [-0.3, -0.25) is 4.79 Å². The number of nitrogens with zero attached hydrogens (tertiary/aromatic N) is 3. The van der Waals surface area contributed by atoms with Crippen molar-refractivity contribution in [1.82, 2.24) is 20.3 Å². The Kier molecular flexibility index (Phi) is 6.08. The normalized spacial score (nSPS) is 13.3. The molecule has 2 unspecified atom stereocenters. The zero-order chi connectivity index (χ0) is 16.0. The fraction of sp³-hybridized carbons (Fsp3) is 0.571. The summed E-state index contributed by atoms with van der Waals surface area (Å²) in [6.07, 6.45) is 2.31. The Morgan fingerprint density at radius 2 is 2.14 bits per heavy atom. The van der Waals surface area contributed by atoms with E-state index in [1.165, 1.54) is 10.8 Å². The summed E-state index contributed by atoms with van der Waals surface area (Å²) in [7, 11) is 0. The van der Waals surface area contributed by atoms with E-state index in [2.05, 4.69) is 22.2 Å². The molecule has 2 atom stereocenters. The summed E-state index contributed by atoms with van der Waals surface area (Å²) in [5.41, 5.74) is 0.607. The van der Waals surface area contributed by atoms with Gasteiger partial charge in [0, 0.05) is 6.04 Å². The van der Waals surface area contributed by atoms with Crippen molar-refractivity contribution in [1.29, 1.82) is 0 Å². The first-order valence-corrected chi connectivity index (χ1v) is 6.92. The molecule has 1 heterocycles. The van der Waals surface area contributed by atoms with Crippen molar-refractivity contribution in [2.45, 2.75) is 46.2 Å². The van der Waals surface area contributed by atoms with Gasteiger partial charge in [0.05, 0.1) is 5.69 Å². The van der Waals surface area contributed by atoms with Crippen LogP contribution in [0.1, 0.15) is 49.4 Å². The lowest BCUT2D eigenvalue weighted by Gasteiger charge is -2.17. The van der Waals surface area contributed by atoms with Crippen LogP contribution < -0.4 is 5.32 Å². The topological polar surface area (TPSA) is 86.1 Å². The van der Waals surface area contributed by atoms with Crippen LogP contribution in [-0.4, -0.2) is 39.5 Å². The molecule has 0 radical (unpaired) electrons. The van der Waals surface area contributed by atoms with Gasteiger partial charge in [-0.2, -0.15) is 0 Å². The van der Waals surface area contributed by atoms with Crippen LogP contribution in [0.3, 0.4) is 0 Å². The summed E-state index contributed by atoms with van der Waals surface area (Å²) in [6.45, 7) is 10.9. The molecule has 0 aromatic carbocycles. The molecule has 0 saturated carbocycles. The fourth-order valence-corrected chi connectivity index (χ4v) is 1.68. The Labute approximate surface area is 124 Å². The second-order valence-electron chi connectivity index (χ2n) is 4.85. The summed E-state index contributed by atoms with van der Waals surface area (Å²) in [5, 5.41) is 10.5. The number of hydrogen-bond donors (Lipinski definition) is 1. The number of aromatic nitrogens is 3. The summed E-state index contributed by atoms with van der Waals surface area (Å²) in [4.78, 5) is 23.9. The summed E-state index contributed by atoms with van der Waals surface area (Å²) in [6, 6.07) is -0.465. The number of carbonyl (C=O) groups is 2. The van der Waals surface area contributed by atoms with Gasteiger partial charge < -0.3 is 10.1 Å². The highest BCUT2D eigenvalue weighted by molar-refractivity contribution is 5.88. The Morgan fingerprint density at radius 1 is 1.48 bits per heavy atom. The molecular weight excluding hydrogens is 272 g/mol. The van der Waals surface area contributed by atoms with Crippen molar-refractivity contribution in [3.8, 4) is 0 Å². The molecular formula is C14H22N4O3. The molecule has 0 fully saturated rings. The number of esters is 1. The van der Waals surface area contributed by atoms with E-state index >= 15 is 0 Å². The van der Waals surface area contributed by atoms with Crippen molar-refractivity contribution in [3.63, 3.8) is 0 Å². The van der Waals surface area contributed by atoms with Gasteiger partial charge in [-0.15, -0.1) is 5.10 Å². The molecule has 0 spiro atoms. The second kappa shape index (κ2) is 7.56. The second-order valence-corrected chi connectivity index (χ2v) is 4.85. The molecule has 7 heteroatoms. The first-order chi connectivity index (χ1) is 9.92. The standard InChI is InChI=1S/C14H22N4O3/c1-6-8-21-14(20)12-10(4)18(17-16-12)11(5)13(19)15-9(3)7-2/h6,9,11H,1,7-8H2,2-5H3,(H,15,19). The molecule has 21 heavy (non-hydrogen) atoms. The maximum atomic E-state index is 12.1. The monoisotopic (exact) mass is 294 g/mol. The van der Waals surface area contributed by atoms with Crippen LogP contribution in [0, 0.1) is 6.92 Å². The molecule has 1 aromatic rings. The van der Waals surface area contributed by atoms with Gasteiger partial charge in [0.1, 0.15) is 12.6 Å². The SMILES string of the molecule is C=CCOC(=O)c1nnn(C(C)C(=O)NC(C)CC)c1C. The highest BCUT2D eigenvalue weighted by Crippen LogP contribution is 2.12. The van der Waals surface area contributed by atoms with E-state index in [9.17, 15) is 9.59 Å². The van der Waals surface area contributed by atoms with E-state index in [1.807, 2.05) is 13.8 Å². The van der Waals surface area contributed by atoms with E-state index in [0.29, 0.717) is 5.69 Å². The minimum atomic E-state index is -0.576. The minimum absolute atomic E-state index is 0.0841. The maximum absolute atomic E-state index is 12.1. The maximum Gasteiger partial charge on any atom is 0.361 e. The van der Waals surface area contributed by atoms with Gasteiger partial charge in [0.15, 0.2) is 5.69 Å². The number of carbonyl (C=O) groups excluding carboxylic acids is 2. The molecule has 0 bridgehead atoms. The Bertz CT molecular complexity index is 524. The van der Waals surface area contributed by atoms with E-state index in [4.69, 9.17) is 4.74 Å². The average Bonchev–Trinajstić information content (AvgIpc) is 2.85. The van der Waals surface area contributed by atoms with Crippen molar-refractivity contribution in [2.75, 3.05) is 6.61 Å². The van der Waals surface area contributed by atoms with Crippen molar-refractivity contribution >= 4 is 11.9 Å². The third kappa shape index (κ3) is 4.14. The van der Waals surface area contributed by atoms with Crippen LogP contribution in [-0.2, 0) is 9.53 Å². The molecule has 7 nitrogen and oxygen atoms in total. The predicted octanol–water partition coefficient (Wildman–Crippen LogP) is 1.41. The van der Waals surface area contributed by atoms with E-state index in [0.717, 1.165) is 6.42 Å². The van der Waals surface area contributed by atoms with Crippen LogP contribution in [0.4, 0.5) is 0 Å².